The predicted molar refractivity (Wildman–Crippen MR) is 130 cm³/mol. The third-order valence-corrected chi connectivity index (χ3v) is 5.88. The Labute approximate surface area is 192 Å². The number of rotatable bonds is 10. The fourth-order valence-electron chi connectivity index (χ4n) is 4.11. The minimum atomic E-state index is -0.207. The fraction of sp³-hybridized carbons (Fsp3) is 0.481. The van der Waals surface area contributed by atoms with Crippen molar-refractivity contribution < 1.29 is 9.13 Å². The summed E-state index contributed by atoms with van der Waals surface area (Å²) in [5, 5.41) is 7.12. The fourth-order valence-corrected chi connectivity index (χ4v) is 4.11. The molecule has 0 radical (unpaired) electrons. The lowest BCUT2D eigenvalue weighted by atomic mass is 9.88. The zero-order valence-corrected chi connectivity index (χ0v) is 20.0. The standard InChI is InChI=1S/C27H38FN3O/c1-20(2)19-32-26-12-8-22(9-13-26)17-29-21(3)31(18-23-6-10-24(28)11-7-23)25-14-15-30-27(4,5)16-25/h6-13,20,25,29-30H,3,14-19H2,1-2,4-5H3/t25-/m1/s1. The number of ether oxygens (including phenoxy) is 1. The van der Waals surface area contributed by atoms with Crippen LogP contribution in [0.2, 0.25) is 0 Å². The molecule has 0 aromatic heterocycles. The highest BCUT2D eigenvalue weighted by atomic mass is 19.1. The van der Waals surface area contributed by atoms with E-state index in [2.05, 4.69) is 61.9 Å². The molecule has 0 unspecified atom stereocenters. The summed E-state index contributed by atoms with van der Waals surface area (Å²) in [5.41, 5.74) is 2.34. The maximum atomic E-state index is 13.4. The van der Waals surface area contributed by atoms with Crippen LogP contribution >= 0.6 is 0 Å². The summed E-state index contributed by atoms with van der Waals surface area (Å²) in [6.07, 6.45) is 2.07. The van der Waals surface area contributed by atoms with Crippen LogP contribution in [-0.4, -0.2) is 29.6 Å². The first-order valence-electron chi connectivity index (χ1n) is 11.6. The SMILES string of the molecule is C=C(NCc1ccc(OCC(C)C)cc1)N(Cc1ccc(F)cc1)[C@@H]1CCNC(C)(C)C1. The van der Waals surface area contributed by atoms with Gasteiger partial charge in [0.2, 0.25) is 0 Å². The van der Waals surface area contributed by atoms with E-state index < -0.39 is 0 Å². The molecule has 0 amide bonds. The van der Waals surface area contributed by atoms with Gasteiger partial charge in [-0.3, -0.25) is 0 Å². The highest BCUT2D eigenvalue weighted by Gasteiger charge is 2.31. The van der Waals surface area contributed by atoms with Crippen LogP contribution in [0.4, 0.5) is 4.39 Å². The maximum absolute atomic E-state index is 13.4. The summed E-state index contributed by atoms with van der Waals surface area (Å²) in [4.78, 5) is 2.34. The Morgan fingerprint density at radius 2 is 1.81 bits per heavy atom. The molecule has 3 rings (SSSR count). The second-order valence-electron chi connectivity index (χ2n) is 9.86. The van der Waals surface area contributed by atoms with E-state index in [0.717, 1.165) is 43.1 Å². The first kappa shape index (κ1) is 24.1. The van der Waals surface area contributed by atoms with Gasteiger partial charge in [0.15, 0.2) is 0 Å². The average molecular weight is 440 g/mol. The molecule has 0 saturated carbocycles. The third-order valence-electron chi connectivity index (χ3n) is 5.88. The van der Waals surface area contributed by atoms with Crippen molar-refractivity contribution in [3.8, 4) is 5.75 Å². The Bertz CT molecular complexity index is 861. The Hall–Kier alpha value is -2.53. The van der Waals surface area contributed by atoms with Crippen LogP contribution in [0.5, 0.6) is 5.75 Å². The van der Waals surface area contributed by atoms with Gasteiger partial charge in [0.1, 0.15) is 11.6 Å². The van der Waals surface area contributed by atoms with Crippen LogP contribution in [0.3, 0.4) is 0 Å². The van der Waals surface area contributed by atoms with E-state index in [-0.39, 0.29) is 11.4 Å². The van der Waals surface area contributed by atoms with Gasteiger partial charge >= 0.3 is 0 Å². The third kappa shape index (κ3) is 7.27. The zero-order chi connectivity index (χ0) is 23.1. The average Bonchev–Trinajstić information content (AvgIpc) is 2.75. The van der Waals surface area contributed by atoms with Gasteiger partial charge in [-0.2, -0.15) is 0 Å². The lowest BCUT2D eigenvalue weighted by molar-refractivity contribution is 0.137. The van der Waals surface area contributed by atoms with Crippen molar-refractivity contribution >= 4 is 0 Å². The second kappa shape index (κ2) is 10.9. The largest absolute Gasteiger partial charge is 0.493 e. The van der Waals surface area contributed by atoms with E-state index in [1.165, 1.54) is 17.7 Å². The van der Waals surface area contributed by atoms with Crippen molar-refractivity contribution in [1.29, 1.82) is 0 Å². The number of piperidine rings is 1. The predicted octanol–water partition coefficient (Wildman–Crippen LogP) is 5.45. The monoisotopic (exact) mass is 439 g/mol. The first-order chi connectivity index (χ1) is 15.2. The summed E-state index contributed by atoms with van der Waals surface area (Å²) in [5.74, 6) is 2.10. The summed E-state index contributed by atoms with van der Waals surface area (Å²) in [6, 6.07) is 15.4. The van der Waals surface area contributed by atoms with Gasteiger partial charge in [-0.05, 0) is 74.5 Å². The van der Waals surface area contributed by atoms with Crippen molar-refractivity contribution in [1.82, 2.24) is 15.5 Å². The molecule has 1 fully saturated rings. The molecule has 2 aromatic carbocycles. The highest BCUT2D eigenvalue weighted by Crippen LogP contribution is 2.26. The van der Waals surface area contributed by atoms with Gasteiger partial charge in [0.25, 0.3) is 0 Å². The van der Waals surface area contributed by atoms with E-state index >= 15 is 0 Å². The van der Waals surface area contributed by atoms with Gasteiger partial charge in [0, 0.05) is 24.7 Å². The molecule has 5 heteroatoms. The summed E-state index contributed by atoms with van der Waals surface area (Å²) in [7, 11) is 0. The van der Waals surface area contributed by atoms with Crippen molar-refractivity contribution in [3.63, 3.8) is 0 Å². The van der Waals surface area contributed by atoms with Crippen molar-refractivity contribution in [2.45, 2.75) is 65.2 Å². The Balaban J connectivity index is 1.65. The number of nitrogens with zero attached hydrogens (tertiary/aromatic N) is 1. The van der Waals surface area contributed by atoms with E-state index in [1.807, 2.05) is 24.3 Å². The molecule has 1 saturated heterocycles. The van der Waals surface area contributed by atoms with Gasteiger partial charge in [0.05, 0.1) is 12.4 Å². The van der Waals surface area contributed by atoms with E-state index in [1.54, 1.807) is 0 Å². The molecule has 1 atom stereocenters. The number of benzene rings is 2. The van der Waals surface area contributed by atoms with Gasteiger partial charge < -0.3 is 20.3 Å². The minimum Gasteiger partial charge on any atom is -0.493 e. The van der Waals surface area contributed by atoms with Crippen LogP contribution in [0.25, 0.3) is 0 Å². The van der Waals surface area contributed by atoms with Crippen LogP contribution in [-0.2, 0) is 13.1 Å². The molecule has 0 aliphatic carbocycles. The number of hydrogen-bond acceptors (Lipinski definition) is 4. The smallest absolute Gasteiger partial charge is 0.123 e. The van der Waals surface area contributed by atoms with Crippen molar-refractivity contribution in [3.05, 3.63) is 77.9 Å². The topological polar surface area (TPSA) is 36.5 Å². The molecule has 2 N–H and O–H groups in total. The zero-order valence-electron chi connectivity index (χ0n) is 20.0. The molecule has 0 bridgehead atoms. The van der Waals surface area contributed by atoms with Crippen LogP contribution < -0.4 is 15.4 Å². The molecule has 4 nitrogen and oxygen atoms in total. The summed E-state index contributed by atoms with van der Waals surface area (Å²) in [6.45, 7) is 16.2. The highest BCUT2D eigenvalue weighted by molar-refractivity contribution is 5.27. The van der Waals surface area contributed by atoms with Crippen LogP contribution in [0, 0.1) is 11.7 Å². The van der Waals surface area contributed by atoms with Gasteiger partial charge in [-0.15, -0.1) is 0 Å². The molecule has 1 heterocycles. The Kier molecular flexibility index (Phi) is 8.19. The van der Waals surface area contributed by atoms with Crippen molar-refractivity contribution in [2.24, 2.45) is 5.92 Å². The Morgan fingerprint density at radius 1 is 1.16 bits per heavy atom. The number of halogens is 1. The molecular formula is C27H38FN3O. The number of hydrogen-bond donors (Lipinski definition) is 2. The summed E-state index contributed by atoms with van der Waals surface area (Å²) >= 11 is 0. The molecular weight excluding hydrogens is 401 g/mol. The number of nitrogens with one attached hydrogen (secondary N) is 2. The maximum Gasteiger partial charge on any atom is 0.123 e. The van der Waals surface area contributed by atoms with E-state index in [0.29, 0.717) is 25.0 Å². The molecule has 32 heavy (non-hydrogen) atoms. The van der Waals surface area contributed by atoms with Crippen molar-refractivity contribution in [2.75, 3.05) is 13.2 Å². The molecule has 2 aromatic rings. The lowest BCUT2D eigenvalue weighted by Gasteiger charge is -2.43. The second-order valence-corrected chi connectivity index (χ2v) is 9.86. The summed E-state index contributed by atoms with van der Waals surface area (Å²) < 4.78 is 19.2. The molecule has 1 aliphatic heterocycles. The minimum absolute atomic E-state index is 0.0794. The van der Waals surface area contributed by atoms with Gasteiger partial charge in [-0.25, -0.2) is 4.39 Å². The first-order valence-corrected chi connectivity index (χ1v) is 11.6. The van der Waals surface area contributed by atoms with E-state index in [4.69, 9.17) is 4.74 Å². The lowest BCUT2D eigenvalue weighted by Crippen LogP contribution is -2.53. The normalized spacial score (nSPS) is 17.8. The molecule has 1 aliphatic rings. The van der Waals surface area contributed by atoms with Gasteiger partial charge in [-0.1, -0.05) is 44.7 Å². The molecule has 174 valence electrons. The molecule has 0 spiro atoms. The Morgan fingerprint density at radius 3 is 2.44 bits per heavy atom. The van der Waals surface area contributed by atoms with Crippen LogP contribution in [0.15, 0.2) is 60.9 Å². The quantitative estimate of drug-likeness (QED) is 0.516. The van der Waals surface area contributed by atoms with Crippen LogP contribution in [0.1, 0.15) is 51.7 Å². The van der Waals surface area contributed by atoms with E-state index in [9.17, 15) is 4.39 Å².